The van der Waals surface area contributed by atoms with Gasteiger partial charge in [-0.25, -0.2) is 4.79 Å². The SMILES string of the molecule is COc1c(CN2O[C@@H](CO)[C@H]([C@H](C)O)[C@H]2C(=O)N[C@H]2C[C@H]3C[C@H]([C@@H]2C)C3(C)C)cccc1-c1cc(C(=O)O)cc(C(=O)NCCc2ccccc2)c1. The molecule has 0 radical (unpaired) electrons. The summed E-state index contributed by atoms with van der Waals surface area (Å²) in [5, 5.41) is 38.8. The minimum absolute atomic E-state index is 0.00180. The first-order valence-corrected chi connectivity index (χ1v) is 18.2. The number of hydrogen-bond acceptors (Lipinski definition) is 8. The van der Waals surface area contributed by atoms with E-state index in [1.54, 1.807) is 25.1 Å². The number of hydrogen-bond donors (Lipinski definition) is 5. The maximum atomic E-state index is 14.2. The van der Waals surface area contributed by atoms with Crippen molar-refractivity contribution in [1.82, 2.24) is 15.7 Å². The number of benzene rings is 3. The second kappa shape index (κ2) is 15.4. The Hall–Kier alpha value is -4.29. The third kappa shape index (κ3) is 7.32. The molecule has 11 heteroatoms. The number of nitrogens with zero attached hydrogens (tertiary/aromatic N) is 1. The topological polar surface area (TPSA) is 158 Å². The van der Waals surface area contributed by atoms with E-state index in [4.69, 9.17) is 9.57 Å². The van der Waals surface area contributed by atoms with Gasteiger partial charge in [-0.1, -0.05) is 69.3 Å². The fourth-order valence-electron chi connectivity index (χ4n) is 8.93. The number of carboxylic acid groups (broad SMARTS) is 1. The number of rotatable bonds is 13. The molecular formula is C41H51N3O8. The first-order chi connectivity index (χ1) is 24.8. The third-order valence-corrected chi connectivity index (χ3v) is 12.0. The zero-order chi connectivity index (χ0) is 37.3. The van der Waals surface area contributed by atoms with Gasteiger partial charge in [0.1, 0.15) is 17.9 Å². The summed E-state index contributed by atoms with van der Waals surface area (Å²) in [6, 6.07) is 18.7. The van der Waals surface area contributed by atoms with E-state index in [0.717, 1.165) is 12.0 Å². The van der Waals surface area contributed by atoms with Crippen molar-refractivity contribution in [2.45, 2.75) is 77.8 Å². The summed E-state index contributed by atoms with van der Waals surface area (Å²) in [5.74, 6) is -0.758. The molecule has 4 aliphatic rings. The number of methoxy groups -OCH3 is 1. The molecule has 0 unspecified atom stereocenters. The van der Waals surface area contributed by atoms with E-state index in [9.17, 15) is 29.7 Å². The molecule has 0 spiro atoms. The molecular weight excluding hydrogens is 662 g/mol. The standard InChI is InChI=1S/C41H51N3O8/c1-23-32-19-30(41(32,3)4)20-33(23)43-39(48)36-35(24(2)46)34(22-45)52-44(36)21-26-12-9-13-31(37(26)51-5)27-16-28(18-29(17-27)40(49)50)38(47)42-15-14-25-10-7-6-8-11-25/h6-13,16-18,23-24,30,32-36,45-46H,14-15,19-22H2,1-5H3,(H,42,47)(H,43,48)(H,49,50)/t23-,24-,30+,32+,33-,34-,35-,36-/m0/s1. The highest BCUT2D eigenvalue weighted by atomic mass is 16.7. The lowest BCUT2D eigenvalue weighted by atomic mass is 9.45. The van der Waals surface area contributed by atoms with E-state index in [0.29, 0.717) is 53.2 Å². The number of fused-ring (bicyclic) bond motifs is 2. The van der Waals surface area contributed by atoms with Gasteiger partial charge in [0.15, 0.2) is 0 Å². The highest BCUT2D eigenvalue weighted by Crippen LogP contribution is 2.61. The van der Waals surface area contributed by atoms with Crippen LogP contribution in [0.4, 0.5) is 0 Å². The van der Waals surface area contributed by atoms with Crippen LogP contribution in [0.25, 0.3) is 11.1 Å². The fraction of sp³-hybridized carbons (Fsp3) is 0.488. The fourth-order valence-corrected chi connectivity index (χ4v) is 8.93. The number of carboxylic acids is 1. The van der Waals surface area contributed by atoms with Gasteiger partial charge in [-0.15, -0.1) is 0 Å². The van der Waals surface area contributed by atoms with Crippen molar-refractivity contribution in [1.29, 1.82) is 0 Å². The minimum Gasteiger partial charge on any atom is -0.496 e. The molecule has 11 nitrogen and oxygen atoms in total. The van der Waals surface area contributed by atoms with Crippen molar-refractivity contribution in [3.8, 4) is 16.9 Å². The normalized spacial score (nSPS) is 26.9. The maximum absolute atomic E-state index is 14.2. The molecule has 7 rings (SSSR count). The van der Waals surface area contributed by atoms with E-state index in [-0.39, 0.29) is 41.6 Å². The van der Waals surface area contributed by atoms with Crippen LogP contribution >= 0.6 is 0 Å². The highest BCUT2D eigenvalue weighted by molar-refractivity contribution is 5.99. The largest absolute Gasteiger partial charge is 0.496 e. The van der Waals surface area contributed by atoms with Gasteiger partial charge in [-0.05, 0) is 78.7 Å². The number of aliphatic hydroxyl groups excluding tert-OH is 2. The first-order valence-electron chi connectivity index (χ1n) is 18.2. The number of aliphatic hydroxyl groups is 2. The van der Waals surface area contributed by atoms with E-state index < -0.39 is 36.0 Å². The van der Waals surface area contributed by atoms with Crippen molar-refractivity contribution in [2.24, 2.45) is 29.1 Å². The molecule has 5 N–H and O–H groups in total. The summed E-state index contributed by atoms with van der Waals surface area (Å²) in [6.07, 6.45) is 0.936. The molecule has 1 heterocycles. The average molecular weight is 714 g/mol. The van der Waals surface area contributed by atoms with Gasteiger partial charge in [0, 0.05) is 35.2 Å². The van der Waals surface area contributed by atoms with Gasteiger partial charge in [0.05, 0.1) is 31.9 Å². The van der Waals surface area contributed by atoms with Crippen molar-refractivity contribution in [2.75, 3.05) is 20.3 Å². The number of nitrogens with one attached hydrogen (secondary N) is 2. The van der Waals surface area contributed by atoms with Crippen LogP contribution in [0.2, 0.25) is 0 Å². The summed E-state index contributed by atoms with van der Waals surface area (Å²) in [7, 11) is 1.50. The molecule has 52 heavy (non-hydrogen) atoms. The Balaban J connectivity index is 1.26. The van der Waals surface area contributed by atoms with Crippen LogP contribution in [0.1, 0.15) is 72.4 Å². The molecule has 3 aliphatic carbocycles. The van der Waals surface area contributed by atoms with Gasteiger partial charge in [-0.3, -0.25) is 14.4 Å². The second-order valence-corrected chi connectivity index (χ2v) is 15.3. The number of para-hydroxylation sites is 1. The molecule has 1 aliphatic heterocycles. The van der Waals surface area contributed by atoms with Crippen LogP contribution < -0.4 is 15.4 Å². The maximum Gasteiger partial charge on any atom is 0.335 e. The van der Waals surface area contributed by atoms with Crippen molar-refractivity contribution >= 4 is 17.8 Å². The van der Waals surface area contributed by atoms with Crippen molar-refractivity contribution in [3.05, 3.63) is 89.0 Å². The van der Waals surface area contributed by atoms with Crippen LogP contribution in [0.15, 0.2) is 66.7 Å². The van der Waals surface area contributed by atoms with E-state index >= 15 is 0 Å². The Labute approximate surface area is 305 Å². The van der Waals surface area contributed by atoms with Crippen LogP contribution in [-0.2, 0) is 22.6 Å². The average Bonchev–Trinajstić information content (AvgIpc) is 3.51. The molecule has 278 valence electrons. The number of aromatic carboxylic acids is 1. The van der Waals surface area contributed by atoms with E-state index in [2.05, 4.69) is 31.4 Å². The predicted octanol–water partition coefficient (Wildman–Crippen LogP) is 4.69. The molecule has 3 aromatic rings. The van der Waals surface area contributed by atoms with Crippen LogP contribution in [-0.4, -0.2) is 82.7 Å². The summed E-state index contributed by atoms with van der Waals surface area (Å²) in [6.45, 7) is 8.48. The monoisotopic (exact) mass is 713 g/mol. The summed E-state index contributed by atoms with van der Waals surface area (Å²) in [4.78, 5) is 45.8. The van der Waals surface area contributed by atoms with Crippen LogP contribution in [0, 0.1) is 29.1 Å². The summed E-state index contributed by atoms with van der Waals surface area (Å²) < 4.78 is 5.92. The lowest BCUT2D eigenvalue weighted by molar-refractivity contribution is -0.183. The third-order valence-electron chi connectivity index (χ3n) is 12.0. The van der Waals surface area contributed by atoms with Gasteiger partial charge in [0.25, 0.3) is 5.91 Å². The zero-order valence-electron chi connectivity index (χ0n) is 30.5. The van der Waals surface area contributed by atoms with Crippen LogP contribution in [0.3, 0.4) is 0 Å². The number of hydroxylamine groups is 2. The lowest BCUT2D eigenvalue weighted by Crippen LogP contribution is -2.62. The number of ether oxygens (including phenoxy) is 1. The van der Waals surface area contributed by atoms with Gasteiger partial charge in [0.2, 0.25) is 5.91 Å². The highest BCUT2D eigenvalue weighted by Gasteiger charge is 2.57. The molecule has 3 saturated carbocycles. The first kappa shape index (κ1) is 37.5. The lowest BCUT2D eigenvalue weighted by Gasteiger charge is -2.62. The number of carbonyl (C=O) groups is 3. The Morgan fingerprint density at radius 3 is 2.40 bits per heavy atom. The van der Waals surface area contributed by atoms with Gasteiger partial charge < -0.3 is 30.7 Å². The van der Waals surface area contributed by atoms with Gasteiger partial charge in [-0.2, -0.15) is 5.06 Å². The summed E-state index contributed by atoms with van der Waals surface area (Å²) in [5.41, 5.74) is 3.10. The smallest absolute Gasteiger partial charge is 0.335 e. The van der Waals surface area contributed by atoms with E-state index in [1.807, 2.05) is 36.4 Å². The van der Waals surface area contributed by atoms with Gasteiger partial charge >= 0.3 is 5.97 Å². The Morgan fingerprint density at radius 1 is 1.04 bits per heavy atom. The quantitative estimate of drug-likeness (QED) is 0.170. The Bertz CT molecular complexity index is 1780. The number of carbonyl (C=O) groups excluding carboxylic acids is 2. The molecule has 4 fully saturated rings. The molecule has 3 aromatic carbocycles. The predicted molar refractivity (Wildman–Crippen MR) is 195 cm³/mol. The summed E-state index contributed by atoms with van der Waals surface area (Å²) >= 11 is 0. The Morgan fingerprint density at radius 2 is 1.77 bits per heavy atom. The number of amides is 2. The van der Waals surface area contributed by atoms with Crippen molar-refractivity contribution < 1.29 is 39.3 Å². The Kier molecular flexibility index (Phi) is 11.1. The minimum atomic E-state index is -1.18. The molecule has 8 atom stereocenters. The molecule has 2 amide bonds. The molecule has 0 aromatic heterocycles. The van der Waals surface area contributed by atoms with Crippen LogP contribution in [0.5, 0.6) is 5.75 Å². The van der Waals surface area contributed by atoms with E-state index in [1.165, 1.54) is 30.7 Å². The second-order valence-electron chi connectivity index (χ2n) is 15.3. The van der Waals surface area contributed by atoms with Crippen molar-refractivity contribution in [3.63, 3.8) is 0 Å². The molecule has 2 bridgehead atoms. The zero-order valence-corrected chi connectivity index (χ0v) is 30.5. The molecule has 1 saturated heterocycles.